The van der Waals surface area contributed by atoms with Crippen LogP contribution in [-0.2, 0) is 11.3 Å². The molecule has 4 heteroatoms. The SMILES string of the molecule is COCCNCc1c(F)cccc1SCC(C)C. The highest BCUT2D eigenvalue weighted by Gasteiger charge is 2.09. The van der Waals surface area contributed by atoms with E-state index in [-0.39, 0.29) is 5.82 Å². The van der Waals surface area contributed by atoms with Gasteiger partial charge >= 0.3 is 0 Å². The first-order valence-corrected chi connectivity index (χ1v) is 7.23. The molecule has 0 spiro atoms. The van der Waals surface area contributed by atoms with E-state index >= 15 is 0 Å². The molecule has 102 valence electrons. The number of ether oxygens (including phenoxy) is 1. The van der Waals surface area contributed by atoms with Gasteiger partial charge in [-0.1, -0.05) is 19.9 Å². The van der Waals surface area contributed by atoms with E-state index in [4.69, 9.17) is 4.74 Å². The molecule has 0 fully saturated rings. The van der Waals surface area contributed by atoms with Crippen molar-refractivity contribution in [1.29, 1.82) is 0 Å². The van der Waals surface area contributed by atoms with E-state index < -0.39 is 0 Å². The number of halogens is 1. The quantitative estimate of drug-likeness (QED) is 0.579. The van der Waals surface area contributed by atoms with Crippen molar-refractivity contribution in [3.05, 3.63) is 29.6 Å². The van der Waals surface area contributed by atoms with Crippen LogP contribution in [0.4, 0.5) is 4.39 Å². The molecule has 1 aromatic carbocycles. The smallest absolute Gasteiger partial charge is 0.128 e. The van der Waals surface area contributed by atoms with E-state index in [1.54, 1.807) is 24.9 Å². The monoisotopic (exact) mass is 271 g/mol. The zero-order valence-electron chi connectivity index (χ0n) is 11.3. The second-order valence-electron chi connectivity index (χ2n) is 4.59. The molecule has 0 unspecified atom stereocenters. The van der Waals surface area contributed by atoms with Gasteiger partial charge in [0, 0.05) is 36.4 Å². The molecule has 0 saturated heterocycles. The van der Waals surface area contributed by atoms with Crippen LogP contribution in [0.25, 0.3) is 0 Å². The summed E-state index contributed by atoms with van der Waals surface area (Å²) in [7, 11) is 1.66. The first kappa shape index (κ1) is 15.5. The Hall–Kier alpha value is -0.580. The van der Waals surface area contributed by atoms with Crippen LogP contribution in [-0.4, -0.2) is 26.0 Å². The van der Waals surface area contributed by atoms with Gasteiger partial charge in [0.2, 0.25) is 0 Å². The van der Waals surface area contributed by atoms with Crippen molar-refractivity contribution in [1.82, 2.24) is 5.32 Å². The summed E-state index contributed by atoms with van der Waals surface area (Å²) in [5.74, 6) is 1.48. The minimum atomic E-state index is -0.131. The van der Waals surface area contributed by atoms with Crippen LogP contribution in [0.2, 0.25) is 0 Å². The highest BCUT2D eigenvalue weighted by Crippen LogP contribution is 2.26. The second-order valence-corrected chi connectivity index (χ2v) is 5.65. The average molecular weight is 271 g/mol. The van der Waals surface area contributed by atoms with Gasteiger partial charge in [0.05, 0.1) is 6.61 Å². The fourth-order valence-corrected chi connectivity index (χ4v) is 2.52. The fraction of sp³-hybridized carbons (Fsp3) is 0.571. The van der Waals surface area contributed by atoms with Crippen LogP contribution < -0.4 is 5.32 Å². The van der Waals surface area contributed by atoms with Gasteiger partial charge in [0.1, 0.15) is 5.82 Å². The van der Waals surface area contributed by atoms with Crippen molar-refractivity contribution in [2.24, 2.45) is 5.92 Å². The van der Waals surface area contributed by atoms with Crippen molar-refractivity contribution in [3.8, 4) is 0 Å². The molecule has 2 nitrogen and oxygen atoms in total. The predicted octanol–water partition coefficient (Wildman–Crippen LogP) is 3.31. The zero-order valence-corrected chi connectivity index (χ0v) is 12.1. The number of nitrogens with one attached hydrogen (secondary N) is 1. The maximum Gasteiger partial charge on any atom is 0.128 e. The lowest BCUT2D eigenvalue weighted by Crippen LogP contribution is -2.19. The topological polar surface area (TPSA) is 21.3 Å². The summed E-state index contributed by atoms with van der Waals surface area (Å²) in [6.07, 6.45) is 0. The van der Waals surface area contributed by atoms with Gasteiger partial charge in [-0.25, -0.2) is 4.39 Å². The lowest BCUT2D eigenvalue weighted by Gasteiger charge is -2.12. The maximum atomic E-state index is 13.8. The highest BCUT2D eigenvalue weighted by molar-refractivity contribution is 7.99. The Morgan fingerprint density at radius 3 is 2.83 bits per heavy atom. The largest absolute Gasteiger partial charge is 0.383 e. The molecule has 0 aliphatic carbocycles. The van der Waals surface area contributed by atoms with Crippen molar-refractivity contribution in [3.63, 3.8) is 0 Å². The molecule has 0 atom stereocenters. The van der Waals surface area contributed by atoms with Crippen LogP contribution in [0.1, 0.15) is 19.4 Å². The number of hydrogen-bond acceptors (Lipinski definition) is 3. The molecule has 1 aromatic rings. The lowest BCUT2D eigenvalue weighted by atomic mass is 10.2. The van der Waals surface area contributed by atoms with Gasteiger partial charge in [0.25, 0.3) is 0 Å². The van der Waals surface area contributed by atoms with Crippen molar-refractivity contribution in [2.45, 2.75) is 25.3 Å². The summed E-state index contributed by atoms with van der Waals surface area (Å²) >= 11 is 1.72. The van der Waals surface area contributed by atoms with Crippen molar-refractivity contribution in [2.75, 3.05) is 26.0 Å². The molecule has 0 heterocycles. The summed E-state index contributed by atoms with van der Waals surface area (Å²) in [6, 6.07) is 5.28. The Labute approximate surface area is 113 Å². The Morgan fingerprint density at radius 2 is 2.17 bits per heavy atom. The number of thioether (sulfide) groups is 1. The minimum Gasteiger partial charge on any atom is -0.383 e. The molecule has 1 rings (SSSR count). The highest BCUT2D eigenvalue weighted by atomic mass is 32.2. The maximum absolute atomic E-state index is 13.8. The summed E-state index contributed by atoms with van der Waals surface area (Å²) in [4.78, 5) is 1.04. The van der Waals surface area contributed by atoms with E-state index in [2.05, 4.69) is 19.2 Å². The third kappa shape index (κ3) is 5.38. The Bertz CT molecular complexity index is 358. The molecular weight excluding hydrogens is 249 g/mol. The molecule has 1 N–H and O–H groups in total. The predicted molar refractivity (Wildman–Crippen MR) is 75.5 cm³/mol. The molecule has 0 saturated carbocycles. The van der Waals surface area contributed by atoms with Crippen LogP contribution in [0, 0.1) is 11.7 Å². The van der Waals surface area contributed by atoms with Crippen LogP contribution in [0.3, 0.4) is 0 Å². The van der Waals surface area contributed by atoms with E-state index in [0.717, 1.165) is 22.8 Å². The lowest BCUT2D eigenvalue weighted by molar-refractivity contribution is 0.199. The van der Waals surface area contributed by atoms with Crippen LogP contribution in [0.5, 0.6) is 0 Å². The molecule has 0 bridgehead atoms. The standard InChI is InChI=1S/C14H22FNOS/c1-11(2)10-18-14-6-4-5-13(15)12(14)9-16-7-8-17-3/h4-6,11,16H,7-10H2,1-3H3. The van der Waals surface area contributed by atoms with Crippen molar-refractivity contribution < 1.29 is 9.13 Å². The molecule has 0 aliphatic rings. The Kier molecular flexibility index (Phi) is 7.32. The summed E-state index contributed by atoms with van der Waals surface area (Å²) in [6.45, 7) is 6.27. The van der Waals surface area contributed by atoms with Gasteiger partial charge in [-0.2, -0.15) is 0 Å². The van der Waals surface area contributed by atoms with Gasteiger partial charge in [-0.3, -0.25) is 0 Å². The first-order valence-electron chi connectivity index (χ1n) is 6.25. The summed E-state index contributed by atoms with van der Waals surface area (Å²) < 4.78 is 18.8. The van der Waals surface area contributed by atoms with E-state index in [1.807, 2.05) is 6.07 Å². The first-order chi connectivity index (χ1) is 8.65. The van der Waals surface area contributed by atoms with Crippen LogP contribution in [0.15, 0.2) is 23.1 Å². The number of benzene rings is 1. The van der Waals surface area contributed by atoms with Gasteiger partial charge < -0.3 is 10.1 Å². The molecule has 0 aliphatic heterocycles. The third-order valence-electron chi connectivity index (χ3n) is 2.43. The number of methoxy groups -OCH3 is 1. The van der Waals surface area contributed by atoms with Crippen molar-refractivity contribution >= 4 is 11.8 Å². The van der Waals surface area contributed by atoms with E-state index in [1.165, 1.54) is 6.07 Å². The summed E-state index contributed by atoms with van der Waals surface area (Å²) in [5.41, 5.74) is 0.763. The Morgan fingerprint density at radius 1 is 1.39 bits per heavy atom. The third-order valence-corrected chi connectivity index (χ3v) is 3.96. The molecule has 0 radical (unpaired) electrons. The average Bonchev–Trinajstić information content (AvgIpc) is 2.34. The van der Waals surface area contributed by atoms with Gasteiger partial charge in [0.15, 0.2) is 0 Å². The van der Waals surface area contributed by atoms with Gasteiger partial charge in [-0.05, 0) is 18.1 Å². The summed E-state index contributed by atoms with van der Waals surface area (Å²) in [5, 5.41) is 3.19. The molecular formula is C14H22FNOS. The van der Waals surface area contributed by atoms with E-state index in [0.29, 0.717) is 19.1 Å². The van der Waals surface area contributed by atoms with E-state index in [9.17, 15) is 4.39 Å². The van der Waals surface area contributed by atoms with Gasteiger partial charge in [-0.15, -0.1) is 11.8 Å². The number of rotatable bonds is 8. The minimum absolute atomic E-state index is 0.131. The normalized spacial score (nSPS) is 11.2. The zero-order chi connectivity index (χ0) is 13.4. The molecule has 0 amide bonds. The van der Waals surface area contributed by atoms with Crippen LogP contribution >= 0.6 is 11.8 Å². The fourth-order valence-electron chi connectivity index (χ4n) is 1.49. The second kappa shape index (κ2) is 8.51. The number of hydrogen-bond donors (Lipinski definition) is 1. The molecule has 18 heavy (non-hydrogen) atoms. The Balaban J connectivity index is 2.62. The molecule has 0 aromatic heterocycles.